The van der Waals surface area contributed by atoms with Crippen LogP contribution in [0.4, 0.5) is 17.3 Å². The molecule has 2 heterocycles. The molecule has 6 nitrogen and oxygen atoms in total. The third-order valence-corrected chi connectivity index (χ3v) is 4.44. The van der Waals surface area contributed by atoms with Crippen molar-refractivity contribution >= 4 is 34.1 Å². The summed E-state index contributed by atoms with van der Waals surface area (Å²) in [5.74, 6) is 0.873. The summed E-state index contributed by atoms with van der Waals surface area (Å²) in [7, 11) is 0. The van der Waals surface area contributed by atoms with E-state index in [0.717, 1.165) is 27.7 Å². The summed E-state index contributed by atoms with van der Waals surface area (Å²) in [5, 5.41) is 15.3. The Hall–Kier alpha value is -3.80. The van der Waals surface area contributed by atoms with E-state index in [9.17, 15) is 4.79 Å². The van der Waals surface area contributed by atoms with Crippen LogP contribution in [-0.4, -0.2) is 21.1 Å². The predicted octanol–water partition coefficient (Wildman–Crippen LogP) is 4.26. The van der Waals surface area contributed by atoms with Gasteiger partial charge in [0.2, 0.25) is 5.91 Å². The van der Waals surface area contributed by atoms with E-state index in [2.05, 4.69) is 25.8 Å². The average molecular weight is 369 g/mol. The second-order valence-electron chi connectivity index (χ2n) is 6.46. The van der Waals surface area contributed by atoms with E-state index in [1.165, 1.54) is 0 Å². The molecule has 0 unspecified atom stereocenters. The van der Waals surface area contributed by atoms with Crippen LogP contribution in [0.25, 0.3) is 10.9 Å². The van der Waals surface area contributed by atoms with Crippen LogP contribution in [0.2, 0.25) is 0 Å². The molecule has 138 valence electrons. The van der Waals surface area contributed by atoms with Crippen LogP contribution in [0.15, 0.2) is 72.9 Å². The lowest BCUT2D eigenvalue weighted by atomic mass is 10.1. The molecule has 0 bridgehead atoms. The van der Waals surface area contributed by atoms with Crippen molar-refractivity contribution in [3.05, 3.63) is 84.1 Å². The number of carbonyl (C=O) groups excluding carboxylic acids is 1. The molecule has 2 N–H and O–H groups in total. The number of fused-ring (bicyclic) bond motifs is 1. The third kappa shape index (κ3) is 3.96. The average Bonchev–Trinajstić information content (AvgIpc) is 2.71. The van der Waals surface area contributed by atoms with Gasteiger partial charge in [0.1, 0.15) is 0 Å². The van der Waals surface area contributed by atoms with Crippen LogP contribution >= 0.6 is 0 Å². The highest BCUT2D eigenvalue weighted by atomic mass is 16.1. The molecule has 2 aromatic carbocycles. The first-order valence-corrected chi connectivity index (χ1v) is 8.98. The van der Waals surface area contributed by atoms with E-state index >= 15 is 0 Å². The maximum atomic E-state index is 12.3. The number of nitrogens with zero attached hydrogens (tertiary/aromatic N) is 3. The van der Waals surface area contributed by atoms with Gasteiger partial charge in [0.05, 0.1) is 17.6 Å². The van der Waals surface area contributed by atoms with Crippen LogP contribution in [0.5, 0.6) is 0 Å². The summed E-state index contributed by atoms with van der Waals surface area (Å²) in [5.41, 5.74) is 3.80. The standard InChI is InChI=1S/C22H19N5O/c1-15-6-2-3-7-17(15)14-21(28)25-20-12-11-19(26-27-20)24-18-10-4-8-16-9-5-13-23-22(16)18/h2-13H,14H2,1H3,(H,24,26)(H,25,27,28). The fraction of sp³-hybridized carbons (Fsp3) is 0.0909. The molecule has 4 aromatic rings. The van der Waals surface area contributed by atoms with E-state index in [1.807, 2.05) is 61.5 Å². The van der Waals surface area contributed by atoms with Gasteiger partial charge in [-0.25, -0.2) is 0 Å². The van der Waals surface area contributed by atoms with Crippen LogP contribution in [0, 0.1) is 6.92 Å². The summed E-state index contributed by atoms with van der Waals surface area (Å²) in [6.45, 7) is 1.99. The molecule has 0 aliphatic rings. The highest BCUT2D eigenvalue weighted by Crippen LogP contribution is 2.23. The molecule has 0 atom stereocenters. The first-order chi connectivity index (χ1) is 13.7. The number of benzene rings is 2. The van der Waals surface area contributed by atoms with E-state index in [4.69, 9.17) is 0 Å². The van der Waals surface area contributed by atoms with Gasteiger partial charge in [-0.05, 0) is 42.3 Å². The summed E-state index contributed by atoms with van der Waals surface area (Å²) in [6.07, 6.45) is 2.06. The van der Waals surface area contributed by atoms with Crippen LogP contribution < -0.4 is 10.6 Å². The molecule has 0 aliphatic heterocycles. The number of rotatable bonds is 5. The van der Waals surface area contributed by atoms with Crippen molar-refractivity contribution in [2.24, 2.45) is 0 Å². The van der Waals surface area contributed by atoms with Crippen LogP contribution in [0.3, 0.4) is 0 Å². The fourth-order valence-corrected chi connectivity index (χ4v) is 2.98. The number of hydrogen-bond acceptors (Lipinski definition) is 5. The first-order valence-electron chi connectivity index (χ1n) is 8.98. The Morgan fingerprint density at radius 3 is 2.50 bits per heavy atom. The van der Waals surface area contributed by atoms with E-state index in [-0.39, 0.29) is 5.91 Å². The maximum absolute atomic E-state index is 12.3. The van der Waals surface area contributed by atoms with Gasteiger partial charge < -0.3 is 10.6 Å². The second kappa shape index (κ2) is 7.84. The van der Waals surface area contributed by atoms with Crippen LogP contribution in [-0.2, 0) is 11.2 Å². The third-order valence-electron chi connectivity index (χ3n) is 4.44. The van der Waals surface area contributed by atoms with Crippen molar-refractivity contribution in [1.29, 1.82) is 0 Å². The fourth-order valence-electron chi connectivity index (χ4n) is 2.98. The molecule has 0 saturated carbocycles. The van der Waals surface area contributed by atoms with E-state index < -0.39 is 0 Å². The Labute approximate surface area is 162 Å². The van der Waals surface area contributed by atoms with Gasteiger partial charge in [-0.1, -0.05) is 42.5 Å². The minimum atomic E-state index is -0.123. The van der Waals surface area contributed by atoms with Gasteiger partial charge in [-0.2, -0.15) is 0 Å². The number of hydrogen-bond donors (Lipinski definition) is 2. The van der Waals surface area contributed by atoms with Crippen LogP contribution in [0.1, 0.15) is 11.1 Å². The summed E-state index contributed by atoms with van der Waals surface area (Å²) in [4.78, 5) is 16.7. The maximum Gasteiger partial charge on any atom is 0.230 e. The van der Waals surface area contributed by atoms with Gasteiger partial charge in [-0.15, -0.1) is 10.2 Å². The first kappa shape index (κ1) is 17.6. The largest absolute Gasteiger partial charge is 0.337 e. The number of aromatic nitrogens is 3. The van der Waals surface area contributed by atoms with Gasteiger partial charge in [0, 0.05) is 11.6 Å². The summed E-state index contributed by atoms with van der Waals surface area (Å²) in [6, 6.07) is 21.1. The molecular weight excluding hydrogens is 350 g/mol. The molecule has 28 heavy (non-hydrogen) atoms. The van der Waals surface area contributed by atoms with Gasteiger partial charge in [-0.3, -0.25) is 9.78 Å². The highest BCUT2D eigenvalue weighted by Gasteiger charge is 2.08. The number of anilines is 3. The summed E-state index contributed by atoms with van der Waals surface area (Å²) < 4.78 is 0. The number of amides is 1. The van der Waals surface area contributed by atoms with Crippen molar-refractivity contribution in [2.45, 2.75) is 13.3 Å². The molecule has 0 aliphatic carbocycles. The minimum absolute atomic E-state index is 0.123. The van der Waals surface area contributed by atoms with E-state index in [0.29, 0.717) is 18.1 Å². The number of pyridine rings is 1. The molecule has 0 spiro atoms. The normalized spacial score (nSPS) is 10.6. The van der Waals surface area contributed by atoms with Crippen molar-refractivity contribution in [3.8, 4) is 0 Å². The van der Waals surface area contributed by atoms with Gasteiger partial charge >= 0.3 is 0 Å². The lowest BCUT2D eigenvalue weighted by Gasteiger charge is -2.09. The molecule has 0 fully saturated rings. The zero-order valence-corrected chi connectivity index (χ0v) is 15.4. The van der Waals surface area contributed by atoms with E-state index in [1.54, 1.807) is 18.3 Å². The molecule has 6 heteroatoms. The summed E-state index contributed by atoms with van der Waals surface area (Å²) >= 11 is 0. The van der Waals surface area contributed by atoms with Crippen molar-refractivity contribution < 1.29 is 4.79 Å². The number of para-hydroxylation sites is 1. The molecule has 0 saturated heterocycles. The molecule has 0 radical (unpaired) electrons. The SMILES string of the molecule is Cc1ccccc1CC(=O)Nc1ccc(Nc2cccc3cccnc23)nn1. The quantitative estimate of drug-likeness (QED) is 0.549. The molecule has 2 aromatic heterocycles. The van der Waals surface area contributed by atoms with Crippen molar-refractivity contribution in [3.63, 3.8) is 0 Å². The minimum Gasteiger partial charge on any atom is -0.337 e. The monoisotopic (exact) mass is 369 g/mol. The number of nitrogens with one attached hydrogen (secondary N) is 2. The smallest absolute Gasteiger partial charge is 0.230 e. The molecular formula is C22H19N5O. The second-order valence-corrected chi connectivity index (χ2v) is 6.46. The Kier molecular flexibility index (Phi) is 4.93. The Balaban J connectivity index is 1.44. The van der Waals surface area contributed by atoms with Crippen molar-refractivity contribution in [1.82, 2.24) is 15.2 Å². The van der Waals surface area contributed by atoms with Crippen molar-refractivity contribution in [2.75, 3.05) is 10.6 Å². The Bertz CT molecular complexity index is 1120. The lowest BCUT2D eigenvalue weighted by Crippen LogP contribution is -2.16. The zero-order chi connectivity index (χ0) is 19.3. The number of carbonyl (C=O) groups is 1. The predicted molar refractivity (Wildman–Crippen MR) is 111 cm³/mol. The number of aryl methyl sites for hydroxylation is 1. The lowest BCUT2D eigenvalue weighted by molar-refractivity contribution is -0.115. The molecule has 1 amide bonds. The highest BCUT2D eigenvalue weighted by molar-refractivity contribution is 5.92. The van der Waals surface area contributed by atoms with Gasteiger partial charge in [0.15, 0.2) is 11.6 Å². The van der Waals surface area contributed by atoms with Gasteiger partial charge in [0.25, 0.3) is 0 Å². The zero-order valence-electron chi connectivity index (χ0n) is 15.4. The molecule has 4 rings (SSSR count). The Morgan fingerprint density at radius 1 is 0.893 bits per heavy atom. The topological polar surface area (TPSA) is 79.8 Å². The Morgan fingerprint density at radius 2 is 1.68 bits per heavy atom.